The number of hydrogen-bond acceptors (Lipinski definition) is 6. The van der Waals surface area contributed by atoms with Crippen LogP contribution in [0.1, 0.15) is 32.3 Å². The van der Waals surface area contributed by atoms with Crippen LogP contribution >= 0.6 is 0 Å². The third kappa shape index (κ3) is 6.80. The van der Waals surface area contributed by atoms with Gasteiger partial charge < -0.3 is 9.47 Å². The first kappa shape index (κ1) is 21.7. The van der Waals surface area contributed by atoms with Gasteiger partial charge in [0, 0.05) is 12.1 Å². The highest BCUT2D eigenvalue weighted by Gasteiger charge is 2.16. The maximum atomic E-state index is 12.0. The van der Waals surface area contributed by atoms with Crippen LogP contribution in [-0.4, -0.2) is 29.4 Å². The third-order valence-electron chi connectivity index (χ3n) is 3.97. The molecule has 2 rings (SSSR count). The van der Waals surface area contributed by atoms with Crippen molar-refractivity contribution >= 4 is 17.5 Å². The van der Waals surface area contributed by atoms with Gasteiger partial charge in [0.15, 0.2) is 12.7 Å². The first-order valence-corrected chi connectivity index (χ1v) is 8.99. The number of non-ortho nitro benzene ring substituents is 1. The van der Waals surface area contributed by atoms with E-state index in [0.29, 0.717) is 17.4 Å². The standard InChI is InChI=1S/C20H23N3O6/c1-13(2)15-4-8-18(9-5-15)29-14(3)20(25)22-21-19(24)12-28-17-10-6-16(7-11-17)23(26)27/h4-11,13-14H,12H2,1-3H3,(H,21,24)(H,22,25). The van der Waals surface area contributed by atoms with Gasteiger partial charge >= 0.3 is 0 Å². The Balaban J connectivity index is 1.74. The summed E-state index contributed by atoms with van der Waals surface area (Å²) in [6, 6.07) is 12.7. The molecule has 2 aromatic rings. The molecule has 2 amide bonds. The molecule has 0 aliphatic carbocycles. The van der Waals surface area contributed by atoms with Gasteiger partial charge in [0.05, 0.1) is 4.92 Å². The first-order valence-electron chi connectivity index (χ1n) is 8.99. The van der Waals surface area contributed by atoms with E-state index in [2.05, 4.69) is 24.7 Å². The van der Waals surface area contributed by atoms with Crippen LogP contribution in [0.3, 0.4) is 0 Å². The molecule has 0 fully saturated rings. The van der Waals surface area contributed by atoms with E-state index in [1.54, 1.807) is 19.1 Å². The fourth-order valence-corrected chi connectivity index (χ4v) is 2.27. The summed E-state index contributed by atoms with van der Waals surface area (Å²) in [6.45, 7) is 5.36. The van der Waals surface area contributed by atoms with Gasteiger partial charge in [-0.2, -0.15) is 0 Å². The molecule has 0 bridgehead atoms. The van der Waals surface area contributed by atoms with E-state index < -0.39 is 22.8 Å². The Morgan fingerprint density at radius 3 is 2.10 bits per heavy atom. The lowest BCUT2D eigenvalue weighted by Gasteiger charge is -2.16. The number of amides is 2. The average Bonchev–Trinajstić information content (AvgIpc) is 2.71. The van der Waals surface area contributed by atoms with Crippen molar-refractivity contribution in [3.8, 4) is 11.5 Å². The van der Waals surface area contributed by atoms with Crippen LogP contribution in [0.5, 0.6) is 11.5 Å². The molecule has 1 unspecified atom stereocenters. The number of hydrogen-bond donors (Lipinski definition) is 2. The summed E-state index contributed by atoms with van der Waals surface area (Å²) >= 11 is 0. The van der Waals surface area contributed by atoms with Crippen LogP contribution in [0.25, 0.3) is 0 Å². The number of nitro groups is 1. The predicted octanol–water partition coefficient (Wildman–Crippen LogP) is 2.71. The fraction of sp³-hybridized carbons (Fsp3) is 0.300. The van der Waals surface area contributed by atoms with Gasteiger partial charge in [0.25, 0.3) is 17.5 Å². The Kier molecular flexibility index (Phi) is 7.53. The Bertz CT molecular complexity index is 850. The lowest BCUT2D eigenvalue weighted by molar-refractivity contribution is -0.384. The molecular weight excluding hydrogens is 378 g/mol. The van der Waals surface area contributed by atoms with E-state index >= 15 is 0 Å². The van der Waals surface area contributed by atoms with Crippen LogP contribution in [0.2, 0.25) is 0 Å². The topological polar surface area (TPSA) is 120 Å². The van der Waals surface area contributed by atoms with Crippen LogP contribution in [0.4, 0.5) is 5.69 Å². The second kappa shape index (κ2) is 10.1. The van der Waals surface area contributed by atoms with E-state index in [9.17, 15) is 19.7 Å². The molecule has 9 heteroatoms. The smallest absolute Gasteiger partial charge is 0.279 e. The molecule has 0 aromatic heterocycles. The van der Waals surface area contributed by atoms with Crippen LogP contribution in [-0.2, 0) is 9.59 Å². The Morgan fingerprint density at radius 1 is 0.966 bits per heavy atom. The van der Waals surface area contributed by atoms with E-state index in [-0.39, 0.29) is 12.3 Å². The maximum absolute atomic E-state index is 12.0. The molecule has 0 aliphatic rings. The number of nitrogens with one attached hydrogen (secondary N) is 2. The van der Waals surface area contributed by atoms with Crippen molar-refractivity contribution in [2.24, 2.45) is 0 Å². The lowest BCUT2D eigenvalue weighted by atomic mass is 10.0. The normalized spacial score (nSPS) is 11.4. The fourth-order valence-electron chi connectivity index (χ4n) is 2.27. The molecule has 2 aromatic carbocycles. The molecule has 0 radical (unpaired) electrons. The number of benzene rings is 2. The molecule has 0 saturated carbocycles. The Labute approximate surface area is 168 Å². The van der Waals surface area contributed by atoms with E-state index in [1.807, 2.05) is 12.1 Å². The molecular formula is C20H23N3O6. The van der Waals surface area contributed by atoms with Gasteiger partial charge in [-0.1, -0.05) is 26.0 Å². The highest BCUT2D eigenvalue weighted by molar-refractivity contribution is 5.85. The monoisotopic (exact) mass is 401 g/mol. The van der Waals surface area contributed by atoms with Gasteiger partial charge in [-0.15, -0.1) is 0 Å². The first-order chi connectivity index (χ1) is 13.8. The van der Waals surface area contributed by atoms with Crippen LogP contribution < -0.4 is 20.3 Å². The van der Waals surface area contributed by atoms with E-state index in [1.165, 1.54) is 24.3 Å². The molecule has 0 spiro atoms. The number of carbonyl (C=O) groups excluding carboxylic acids is 2. The molecule has 29 heavy (non-hydrogen) atoms. The minimum Gasteiger partial charge on any atom is -0.484 e. The second-order valence-corrected chi connectivity index (χ2v) is 6.56. The molecule has 154 valence electrons. The highest BCUT2D eigenvalue weighted by atomic mass is 16.6. The van der Waals surface area contributed by atoms with Gasteiger partial charge in [0.1, 0.15) is 11.5 Å². The van der Waals surface area contributed by atoms with Gasteiger partial charge in [-0.05, 0) is 42.7 Å². The summed E-state index contributed by atoms with van der Waals surface area (Å²) in [5.41, 5.74) is 5.56. The molecule has 1 atom stereocenters. The predicted molar refractivity (Wildman–Crippen MR) is 105 cm³/mol. The summed E-state index contributed by atoms with van der Waals surface area (Å²) in [4.78, 5) is 33.9. The van der Waals surface area contributed by atoms with Crippen molar-refractivity contribution in [3.05, 3.63) is 64.2 Å². The van der Waals surface area contributed by atoms with Crippen LogP contribution in [0.15, 0.2) is 48.5 Å². The summed E-state index contributed by atoms with van der Waals surface area (Å²) in [6.07, 6.45) is -0.823. The summed E-state index contributed by atoms with van der Waals surface area (Å²) in [5.74, 6) is 0.114. The quantitative estimate of drug-likeness (QED) is 0.518. The van der Waals surface area contributed by atoms with Crippen molar-refractivity contribution in [1.29, 1.82) is 0 Å². The molecule has 0 heterocycles. The number of nitrogens with zero attached hydrogens (tertiary/aromatic N) is 1. The van der Waals surface area contributed by atoms with Crippen LogP contribution in [0, 0.1) is 10.1 Å². The van der Waals surface area contributed by atoms with E-state index in [0.717, 1.165) is 5.56 Å². The zero-order chi connectivity index (χ0) is 21.4. The zero-order valence-corrected chi connectivity index (χ0v) is 16.4. The number of ether oxygens (including phenoxy) is 2. The highest BCUT2D eigenvalue weighted by Crippen LogP contribution is 2.19. The summed E-state index contributed by atoms with van der Waals surface area (Å²) < 4.78 is 10.8. The number of carbonyl (C=O) groups is 2. The molecule has 2 N–H and O–H groups in total. The molecule has 9 nitrogen and oxygen atoms in total. The Morgan fingerprint density at radius 2 is 1.55 bits per heavy atom. The maximum Gasteiger partial charge on any atom is 0.279 e. The average molecular weight is 401 g/mol. The number of rotatable bonds is 8. The van der Waals surface area contributed by atoms with Crippen molar-refractivity contribution in [1.82, 2.24) is 10.9 Å². The largest absolute Gasteiger partial charge is 0.484 e. The zero-order valence-electron chi connectivity index (χ0n) is 16.4. The van der Waals surface area contributed by atoms with Gasteiger partial charge in [-0.3, -0.25) is 30.6 Å². The van der Waals surface area contributed by atoms with Crippen molar-refractivity contribution < 1.29 is 24.0 Å². The van der Waals surface area contributed by atoms with Gasteiger partial charge in [-0.25, -0.2) is 0 Å². The lowest BCUT2D eigenvalue weighted by Crippen LogP contribution is -2.48. The minimum atomic E-state index is -0.823. The minimum absolute atomic E-state index is 0.0816. The summed E-state index contributed by atoms with van der Waals surface area (Å²) in [5, 5.41) is 10.6. The SMILES string of the molecule is CC(Oc1ccc(C(C)C)cc1)C(=O)NNC(=O)COc1ccc([N+](=O)[O-])cc1. The van der Waals surface area contributed by atoms with E-state index in [4.69, 9.17) is 9.47 Å². The van der Waals surface area contributed by atoms with Crippen molar-refractivity contribution in [2.75, 3.05) is 6.61 Å². The second-order valence-electron chi connectivity index (χ2n) is 6.56. The summed E-state index contributed by atoms with van der Waals surface area (Å²) in [7, 11) is 0. The molecule has 0 saturated heterocycles. The van der Waals surface area contributed by atoms with Gasteiger partial charge in [0.2, 0.25) is 0 Å². The molecule has 0 aliphatic heterocycles. The number of nitro benzene ring substituents is 1. The van der Waals surface area contributed by atoms with Crippen molar-refractivity contribution in [3.63, 3.8) is 0 Å². The number of hydrazine groups is 1. The third-order valence-corrected chi connectivity index (χ3v) is 3.97. The Hall–Kier alpha value is -3.62. The van der Waals surface area contributed by atoms with Crippen molar-refractivity contribution in [2.45, 2.75) is 32.8 Å².